The zero-order valence-corrected chi connectivity index (χ0v) is 24.5. The molecule has 2 atom stereocenters. The highest BCUT2D eigenvalue weighted by atomic mass is 28.4. The molecule has 0 amide bonds. The molecule has 0 aromatic heterocycles. The van der Waals surface area contributed by atoms with Crippen LogP contribution in [0, 0.1) is 11.8 Å². The third-order valence-corrected chi connectivity index (χ3v) is 18.6. The minimum Gasteiger partial charge on any atom is -0.377 e. The van der Waals surface area contributed by atoms with Gasteiger partial charge in [-0.05, 0) is 43.1 Å². The third kappa shape index (κ3) is 8.05. The molecule has 2 unspecified atom stereocenters. The first kappa shape index (κ1) is 30.4. The first-order valence-electron chi connectivity index (χ1n) is 11.2. The molecule has 0 rings (SSSR count). The Bertz CT molecular complexity index is 393. The standard InChI is InChI=1S/C20H49NO6Si3/c1-12-28(13-2,14-3)21(15-19(4)17-29(22-6,23-7)24-8)16-20(5)18-30(25-9,26-10)27-11/h19-20H,12-18H2,1-11H3. The van der Waals surface area contributed by atoms with Gasteiger partial charge in [0.1, 0.15) is 8.24 Å². The molecule has 0 bridgehead atoms. The van der Waals surface area contributed by atoms with Crippen LogP contribution in [0.2, 0.25) is 30.2 Å². The average molecular weight is 484 g/mol. The first-order valence-corrected chi connectivity index (χ1v) is 17.6. The van der Waals surface area contributed by atoms with E-state index < -0.39 is 25.8 Å². The molecule has 0 aliphatic heterocycles. The van der Waals surface area contributed by atoms with Gasteiger partial charge in [-0.25, -0.2) is 0 Å². The van der Waals surface area contributed by atoms with E-state index in [1.165, 1.54) is 18.1 Å². The van der Waals surface area contributed by atoms with Crippen LogP contribution in [0.1, 0.15) is 34.6 Å². The quantitative estimate of drug-likeness (QED) is 0.269. The van der Waals surface area contributed by atoms with Crippen LogP contribution in [-0.2, 0) is 26.6 Å². The van der Waals surface area contributed by atoms with Crippen LogP contribution in [0.4, 0.5) is 0 Å². The van der Waals surface area contributed by atoms with Gasteiger partial charge in [-0.15, -0.1) is 0 Å². The van der Waals surface area contributed by atoms with Crippen molar-refractivity contribution in [1.29, 1.82) is 0 Å². The van der Waals surface area contributed by atoms with E-state index in [0.717, 1.165) is 25.2 Å². The summed E-state index contributed by atoms with van der Waals surface area (Å²) < 4.78 is 36.9. The van der Waals surface area contributed by atoms with Gasteiger partial charge in [0.2, 0.25) is 0 Å². The largest absolute Gasteiger partial charge is 0.500 e. The molecular weight excluding hydrogens is 434 g/mol. The predicted molar refractivity (Wildman–Crippen MR) is 130 cm³/mol. The van der Waals surface area contributed by atoms with Crippen molar-refractivity contribution in [3.63, 3.8) is 0 Å². The molecule has 0 aliphatic carbocycles. The van der Waals surface area contributed by atoms with Crippen molar-refractivity contribution < 1.29 is 26.6 Å². The lowest BCUT2D eigenvalue weighted by atomic mass is 10.2. The van der Waals surface area contributed by atoms with Gasteiger partial charge in [-0.2, -0.15) is 0 Å². The van der Waals surface area contributed by atoms with Gasteiger partial charge >= 0.3 is 17.6 Å². The maximum Gasteiger partial charge on any atom is 0.500 e. The minimum absolute atomic E-state index is 0.412. The van der Waals surface area contributed by atoms with Crippen LogP contribution in [0.25, 0.3) is 0 Å². The second kappa shape index (κ2) is 14.5. The Morgan fingerprint density at radius 1 is 0.567 bits per heavy atom. The monoisotopic (exact) mass is 483 g/mol. The molecule has 0 N–H and O–H groups in total. The molecule has 0 saturated heterocycles. The lowest BCUT2D eigenvalue weighted by molar-refractivity contribution is 0.114. The van der Waals surface area contributed by atoms with Gasteiger partial charge in [0.25, 0.3) is 0 Å². The number of rotatable bonds is 18. The highest BCUT2D eigenvalue weighted by molar-refractivity contribution is 6.77. The van der Waals surface area contributed by atoms with Gasteiger partial charge in [0.15, 0.2) is 0 Å². The summed E-state index contributed by atoms with van der Waals surface area (Å²) in [6, 6.07) is 5.39. The molecule has 0 radical (unpaired) electrons. The second-order valence-corrected chi connectivity index (χ2v) is 19.6. The normalized spacial score (nSPS) is 15.6. The highest BCUT2D eigenvalue weighted by Crippen LogP contribution is 2.31. The van der Waals surface area contributed by atoms with Crippen LogP contribution >= 0.6 is 0 Å². The molecule has 182 valence electrons. The van der Waals surface area contributed by atoms with E-state index in [1.54, 1.807) is 42.7 Å². The van der Waals surface area contributed by atoms with Crippen LogP contribution in [0.5, 0.6) is 0 Å². The van der Waals surface area contributed by atoms with Crippen molar-refractivity contribution in [3.05, 3.63) is 0 Å². The van der Waals surface area contributed by atoms with Crippen LogP contribution in [0.15, 0.2) is 0 Å². The summed E-state index contributed by atoms with van der Waals surface area (Å²) in [6.07, 6.45) is 0. The van der Waals surface area contributed by atoms with Crippen LogP contribution in [0.3, 0.4) is 0 Å². The number of hydrogen-bond acceptors (Lipinski definition) is 7. The fourth-order valence-electron chi connectivity index (χ4n) is 4.62. The zero-order chi connectivity index (χ0) is 23.4. The topological polar surface area (TPSA) is 58.6 Å². The Kier molecular flexibility index (Phi) is 14.7. The summed E-state index contributed by atoms with van der Waals surface area (Å²) in [5.74, 6) is 0.823. The molecule has 0 spiro atoms. The average Bonchev–Trinajstić information content (AvgIpc) is 2.77. The third-order valence-electron chi connectivity index (χ3n) is 6.77. The lowest BCUT2D eigenvalue weighted by Gasteiger charge is -2.44. The molecule has 0 saturated carbocycles. The molecule has 0 heterocycles. The summed E-state index contributed by atoms with van der Waals surface area (Å²) in [5.41, 5.74) is 0. The van der Waals surface area contributed by atoms with E-state index in [9.17, 15) is 0 Å². The summed E-state index contributed by atoms with van der Waals surface area (Å²) in [5, 5.41) is 0. The van der Waals surface area contributed by atoms with Gasteiger partial charge in [-0.1, -0.05) is 34.6 Å². The molecule has 0 aromatic carbocycles. The van der Waals surface area contributed by atoms with E-state index in [4.69, 9.17) is 26.6 Å². The molecule has 30 heavy (non-hydrogen) atoms. The van der Waals surface area contributed by atoms with Gasteiger partial charge in [0.05, 0.1) is 0 Å². The van der Waals surface area contributed by atoms with Crippen molar-refractivity contribution in [2.24, 2.45) is 11.8 Å². The summed E-state index contributed by atoms with van der Waals surface area (Å²) in [6.45, 7) is 13.7. The SMILES string of the molecule is CC[Si](CC)(CC)N(CC(C)C[Si](OC)(OC)OC)CC(C)C[Si](OC)(OC)OC. The molecule has 7 nitrogen and oxygen atoms in total. The summed E-state index contributed by atoms with van der Waals surface area (Å²) in [4.78, 5) is 0. The van der Waals surface area contributed by atoms with E-state index in [2.05, 4.69) is 39.2 Å². The molecule has 10 heteroatoms. The number of hydrogen-bond donors (Lipinski definition) is 0. The smallest absolute Gasteiger partial charge is 0.377 e. The highest BCUT2D eigenvalue weighted by Gasteiger charge is 2.44. The van der Waals surface area contributed by atoms with Gasteiger partial charge in [0, 0.05) is 54.7 Å². The first-order chi connectivity index (χ1) is 14.1. The number of nitrogens with zero attached hydrogens (tertiary/aromatic N) is 1. The van der Waals surface area contributed by atoms with Crippen molar-refractivity contribution in [1.82, 2.24) is 4.57 Å². The second-order valence-electron chi connectivity index (χ2n) is 8.40. The van der Waals surface area contributed by atoms with Crippen LogP contribution < -0.4 is 0 Å². The van der Waals surface area contributed by atoms with Crippen LogP contribution in [-0.4, -0.2) is 86.2 Å². The van der Waals surface area contributed by atoms with Crippen molar-refractivity contribution in [2.45, 2.75) is 64.8 Å². The van der Waals surface area contributed by atoms with E-state index in [-0.39, 0.29) is 0 Å². The minimum atomic E-state index is -2.60. The Morgan fingerprint density at radius 2 is 0.833 bits per heavy atom. The van der Waals surface area contributed by atoms with E-state index in [1.807, 2.05) is 0 Å². The van der Waals surface area contributed by atoms with Crippen molar-refractivity contribution >= 4 is 25.8 Å². The Morgan fingerprint density at radius 3 is 1.03 bits per heavy atom. The molecular formula is C20H49NO6Si3. The maximum absolute atomic E-state index is 5.69. The van der Waals surface area contributed by atoms with Crippen molar-refractivity contribution in [2.75, 3.05) is 55.7 Å². The molecule has 0 aromatic rings. The predicted octanol–water partition coefficient (Wildman–Crippen LogP) is 4.32. The molecule has 0 fully saturated rings. The zero-order valence-electron chi connectivity index (χ0n) is 21.5. The van der Waals surface area contributed by atoms with Gasteiger partial charge in [-0.3, -0.25) is 0 Å². The maximum atomic E-state index is 5.69. The Hall–Kier alpha value is 0.371. The lowest BCUT2D eigenvalue weighted by Crippen LogP contribution is -2.56. The van der Waals surface area contributed by atoms with Crippen molar-refractivity contribution in [3.8, 4) is 0 Å². The fourth-order valence-corrected chi connectivity index (χ4v) is 12.8. The summed E-state index contributed by atoms with van der Waals surface area (Å²) in [7, 11) is 3.40. The Balaban J connectivity index is 5.59. The van der Waals surface area contributed by atoms with Gasteiger partial charge < -0.3 is 31.1 Å². The van der Waals surface area contributed by atoms with E-state index in [0.29, 0.717) is 11.8 Å². The summed E-state index contributed by atoms with van der Waals surface area (Å²) >= 11 is 0. The van der Waals surface area contributed by atoms with E-state index >= 15 is 0 Å². The Labute approximate surface area is 189 Å². The fraction of sp³-hybridized carbons (Fsp3) is 1.00. The molecule has 0 aliphatic rings.